The number of hydrogen-bond acceptors (Lipinski definition) is 2. The van der Waals surface area contributed by atoms with Crippen LogP contribution in [0.4, 0.5) is 0 Å². The zero-order chi connectivity index (χ0) is 20.1. The third kappa shape index (κ3) is 4.57. The zero-order valence-corrected chi connectivity index (χ0v) is 16.9. The number of benzene rings is 3. The maximum atomic E-state index is 13.6. The van der Waals surface area contributed by atoms with Crippen molar-refractivity contribution in [2.24, 2.45) is 0 Å². The van der Waals surface area contributed by atoms with Crippen molar-refractivity contribution in [3.63, 3.8) is 0 Å². The van der Waals surface area contributed by atoms with E-state index >= 15 is 0 Å². The molecule has 3 nitrogen and oxygen atoms in total. The third-order valence-corrected chi connectivity index (χ3v) is 5.87. The molecule has 1 heterocycles. The van der Waals surface area contributed by atoms with Crippen molar-refractivity contribution in [2.75, 3.05) is 26.7 Å². The van der Waals surface area contributed by atoms with Crippen molar-refractivity contribution in [2.45, 2.75) is 18.4 Å². The van der Waals surface area contributed by atoms with Gasteiger partial charge in [-0.3, -0.25) is 4.79 Å². The van der Waals surface area contributed by atoms with Gasteiger partial charge < -0.3 is 9.80 Å². The fourth-order valence-electron chi connectivity index (χ4n) is 4.27. The number of carbonyl (C=O) groups is 1. The fourth-order valence-corrected chi connectivity index (χ4v) is 4.27. The molecule has 0 N–H and O–H groups in total. The lowest BCUT2D eigenvalue weighted by atomic mass is 9.87. The van der Waals surface area contributed by atoms with Gasteiger partial charge in [0.15, 0.2) is 0 Å². The van der Waals surface area contributed by atoms with E-state index in [1.807, 2.05) is 18.2 Å². The number of amides is 1. The molecule has 3 heteroatoms. The summed E-state index contributed by atoms with van der Waals surface area (Å²) in [7, 11) is 2.13. The van der Waals surface area contributed by atoms with Gasteiger partial charge in [-0.05, 0) is 23.7 Å². The van der Waals surface area contributed by atoms with Crippen LogP contribution >= 0.6 is 0 Å². The quantitative estimate of drug-likeness (QED) is 0.635. The third-order valence-electron chi connectivity index (χ3n) is 5.87. The molecule has 1 amide bonds. The number of rotatable bonds is 5. The average Bonchev–Trinajstić information content (AvgIpc) is 2.79. The summed E-state index contributed by atoms with van der Waals surface area (Å²) >= 11 is 0. The molecule has 0 aliphatic carbocycles. The Morgan fingerprint density at radius 1 is 0.828 bits per heavy atom. The Morgan fingerprint density at radius 2 is 1.34 bits per heavy atom. The van der Waals surface area contributed by atoms with E-state index in [9.17, 15) is 4.79 Å². The molecule has 1 aliphatic heterocycles. The van der Waals surface area contributed by atoms with Crippen LogP contribution in [-0.2, 0) is 4.79 Å². The van der Waals surface area contributed by atoms with Crippen LogP contribution in [0, 0.1) is 0 Å². The van der Waals surface area contributed by atoms with E-state index in [2.05, 4.69) is 89.6 Å². The topological polar surface area (TPSA) is 23.6 Å². The Balaban J connectivity index is 1.61. The summed E-state index contributed by atoms with van der Waals surface area (Å²) in [4.78, 5) is 18.0. The molecule has 29 heavy (non-hydrogen) atoms. The van der Waals surface area contributed by atoms with Crippen molar-refractivity contribution < 1.29 is 4.79 Å². The van der Waals surface area contributed by atoms with Crippen LogP contribution < -0.4 is 0 Å². The summed E-state index contributed by atoms with van der Waals surface area (Å²) < 4.78 is 0. The van der Waals surface area contributed by atoms with E-state index in [-0.39, 0.29) is 17.9 Å². The largest absolute Gasteiger partial charge is 0.333 e. The molecule has 0 unspecified atom stereocenters. The Hall–Kier alpha value is -2.91. The normalized spacial score (nSPS) is 17.4. The van der Waals surface area contributed by atoms with Gasteiger partial charge in [0.1, 0.15) is 0 Å². The second-order valence-corrected chi connectivity index (χ2v) is 7.85. The number of likely N-dealkylation sites (N-methyl/N-ethyl adjacent to an activating group) is 1. The van der Waals surface area contributed by atoms with Crippen LogP contribution in [-0.4, -0.2) is 42.4 Å². The molecule has 3 aromatic rings. The van der Waals surface area contributed by atoms with Crippen molar-refractivity contribution in [1.29, 1.82) is 0 Å². The molecule has 148 valence electrons. The van der Waals surface area contributed by atoms with Crippen LogP contribution in [0.3, 0.4) is 0 Å². The summed E-state index contributed by atoms with van der Waals surface area (Å²) in [6, 6.07) is 31.3. The van der Waals surface area contributed by atoms with Crippen molar-refractivity contribution in [1.82, 2.24) is 9.80 Å². The smallest absolute Gasteiger partial charge is 0.224 e. The highest BCUT2D eigenvalue weighted by atomic mass is 16.2. The Morgan fingerprint density at radius 3 is 1.90 bits per heavy atom. The highest BCUT2D eigenvalue weighted by Crippen LogP contribution is 2.32. The van der Waals surface area contributed by atoms with Gasteiger partial charge in [-0.1, -0.05) is 91.0 Å². The first-order chi connectivity index (χ1) is 14.2. The van der Waals surface area contributed by atoms with Gasteiger partial charge >= 0.3 is 0 Å². The minimum absolute atomic E-state index is 0.0704. The molecule has 4 rings (SSSR count). The lowest BCUT2D eigenvalue weighted by Crippen LogP contribution is -2.49. The van der Waals surface area contributed by atoms with Gasteiger partial charge in [0.25, 0.3) is 0 Å². The van der Waals surface area contributed by atoms with Gasteiger partial charge in [0, 0.05) is 32.0 Å². The van der Waals surface area contributed by atoms with E-state index < -0.39 is 0 Å². The van der Waals surface area contributed by atoms with Crippen LogP contribution in [0.2, 0.25) is 0 Å². The van der Waals surface area contributed by atoms with Crippen LogP contribution in [0.25, 0.3) is 0 Å². The first kappa shape index (κ1) is 19.4. The molecule has 0 aromatic heterocycles. The van der Waals surface area contributed by atoms with Gasteiger partial charge in [-0.25, -0.2) is 0 Å². The molecule has 0 bridgehead atoms. The molecular formula is C26H28N2O. The average molecular weight is 385 g/mol. The Kier molecular flexibility index (Phi) is 6.06. The zero-order valence-electron chi connectivity index (χ0n) is 16.9. The number of nitrogens with zero attached hydrogens (tertiary/aromatic N) is 2. The molecular weight excluding hydrogens is 356 g/mol. The van der Waals surface area contributed by atoms with E-state index in [1.165, 1.54) is 16.7 Å². The second kappa shape index (κ2) is 9.06. The molecule has 0 spiro atoms. The van der Waals surface area contributed by atoms with Gasteiger partial charge in [0.2, 0.25) is 5.91 Å². The summed E-state index contributed by atoms with van der Waals surface area (Å²) in [5.74, 6) is 0.297. The maximum Gasteiger partial charge on any atom is 0.224 e. The van der Waals surface area contributed by atoms with E-state index in [0.29, 0.717) is 6.42 Å². The van der Waals surface area contributed by atoms with Crippen molar-refractivity contribution in [3.8, 4) is 0 Å². The van der Waals surface area contributed by atoms with E-state index in [4.69, 9.17) is 0 Å². The number of piperazine rings is 1. The van der Waals surface area contributed by atoms with E-state index in [1.54, 1.807) is 0 Å². The minimum atomic E-state index is 0.0704. The van der Waals surface area contributed by atoms with Crippen LogP contribution in [0.15, 0.2) is 91.0 Å². The highest BCUT2D eigenvalue weighted by molar-refractivity contribution is 5.78. The molecule has 1 atom stereocenters. The monoisotopic (exact) mass is 384 g/mol. The molecule has 1 fully saturated rings. The molecule has 0 radical (unpaired) electrons. The van der Waals surface area contributed by atoms with Crippen molar-refractivity contribution >= 4 is 5.91 Å². The van der Waals surface area contributed by atoms with Crippen molar-refractivity contribution in [3.05, 3.63) is 108 Å². The Bertz CT molecular complexity index is 872. The lowest BCUT2D eigenvalue weighted by Gasteiger charge is -2.41. The molecule has 0 saturated carbocycles. The standard InChI is InChI=1S/C26H28N2O/c1-27-17-18-28(25(20-27)23-15-9-4-10-16-23)26(29)19-24(21-11-5-2-6-12-21)22-13-7-3-8-14-22/h2-16,24-25H,17-20H2,1H3/t25-/m1/s1. The first-order valence-corrected chi connectivity index (χ1v) is 10.3. The van der Waals surface area contributed by atoms with Gasteiger partial charge in [0.05, 0.1) is 6.04 Å². The summed E-state index contributed by atoms with van der Waals surface area (Å²) in [6.07, 6.45) is 0.487. The lowest BCUT2D eigenvalue weighted by molar-refractivity contribution is -0.136. The predicted octanol–water partition coefficient (Wildman–Crippen LogP) is 4.72. The van der Waals surface area contributed by atoms with E-state index in [0.717, 1.165) is 19.6 Å². The summed E-state index contributed by atoms with van der Waals surface area (Å²) in [6.45, 7) is 2.55. The van der Waals surface area contributed by atoms with Gasteiger partial charge in [-0.2, -0.15) is 0 Å². The number of carbonyl (C=O) groups excluding carboxylic acids is 1. The summed E-state index contributed by atoms with van der Waals surface area (Å²) in [5, 5.41) is 0. The Labute approximate surface area is 173 Å². The fraction of sp³-hybridized carbons (Fsp3) is 0.269. The SMILES string of the molecule is CN1CCN(C(=O)CC(c2ccccc2)c2ccccc2)[C@@H](c2ccccc2)C1. The minimum Gasteiger partial charge on any atom is -0.333 e. The molecule has 1 aliphatic rings. The predicted molar refractivity (Wildman–Crippen MR) is 118 cm³/mol. The van der Waals surface area contributed by atoms with Crippen LogP contribution in [0.1, 0.15) is 35.1 Å². The number of hydrogen-bond donors (Lipinski definition) is 0. The highest BCUT2D eigenvalue weighted by Gasteiger charge is 2.31. The maximum absolute atomic E-state index is 13.6. The molecule has 1 saturated heterocycles. The second-order valence-electron chi connectivity index (χ2n) is 7.85. The molecule has 3 aromatic carbocycles. The first-order valence-electron chi connectivity index (χ1n) is 10.3. The van der Waals surface area contributed by atoms with Crippen LogP contribution in [0.5, 0.6) is 0 Å². The summed E-state index contributed by atoms with van der Waals surface area (Å²) in [5.41, 5.74) is 3.60. The van der Waals surface area contributed by atoms with Gasteiger partial charge in [-0.15, -0.1) is 0 Å².